The molecule has 0 radical (unpaired) electrons. The number of rotatable bonds is 4. The maximum atomic E-state index is 11.5. The standard InChI is InChI=1S/C14H21N3O2/c1-2-19-14(18)9-12-8-13(5-6-16-12)17-7-3-4-11(15)10-17/h5-6,8,11H,2-4,7,9-10,15H2,1H3/t11-/m1/s1. The van der Waals surface area contributed by atoms with Crippen molar-refractivity contribution in [1.82, 2.24) is 4.98 Å². The molecule has 19 heavy (non-hydrogen) atoms. The highest BCUT2D eigenvalue weighted by atomic mass is 16.5. The summed E-state index contributed by atoms with van der Waals surface area (Å²) in [7, 11) is 0. The molecule has 1 aromatic heterocycles. The van der Waals surface area contributed by atoms with Gasteiger partial charge in [-0.15, -0.1) is 0 Å². The molecule has 1 aromatic rings. The first-order valence-electron chi connectivity index (χ1n) is 6.80. The van der Waals surface area contributed by atoms with Crippen LogP contribution in [-0.4, -0.2) is 36.7 Å². The molecule has 2 N–H and O–H groups in total. The minimum atomic E-state index is -0.234. The zero-order valence-corrected chi connectivity index (χ0v) is 11.3. The van der Waals surface area contributed by atoms with Crippen LogP contribution in [0.3, 0.4) is 0 Å². The van der Waals surface area contributed by atoms with Gasteiger partial charge in [-0.25, -0.2) is 0 Å². The largest absolute Gasteiger partial charge is 0.466 e. The molecule has 0 saturated carbocycles. The summed E-state index contributed by atoms with van der Waals surface area (Å²) in [6.45, 7) is 4.08. The van der Waals surface area contributed by atoms with E-state index < -0.39 is 0 Å². The molecule has 5 heteroatoms. The number of aromatic nitrogens is 1. The Bertz CT molecular complexity index is 436. The van der Waals surface area contributed by atoms with Crippen LogP contribution < -0.4 is 10.6 Å². The lowest BCUT2D eigenvalue weighted by Gasteiger charge is -2.32. The van der Waals surface area contributed by atoms with Crippen LogP contribution in [0, 0.1) is 0 Å². The molecule has 0 bridgehead atoms. The summed E-state index contributed by atoms with van der Waals surface area (Å²) in [6, 6.07) is 4.15. The number of pyridine rings is 1. The number of carbonyl (C=O) groups is 1. The van der Waals surface area contributed by atoms with E-state index >= 15 is 0 Å². The minimum absolute atomic E-state index is 0.224. The molecule has 2 heterocycles. The molecule has 104 valence electrons. The molecular formula is C14H21N3O2. The fourth-order valence-corrected chi connectivity index (χ4v) is 2.36. The molecule has 1 atom stereocenters. The molecule has 0 aromatic carbocycles. The van der Waals surface area contributed by atoms with E-state index in [0.717, 1.165) is 37.3 Å². The van der Waals surface area contributed by atoms with Gasteiger partial charge in [0.2, 0.25) is 0 Å². The van der Waals surface area contributed by atoms with Crippen molar-refractivity contribution in [2.45, 2.75) is 32.2 Å². The number of hydrogen-bond acceptors (Lipinski definition) is 5. The number of nitrogens with zero attached hydrogens (tertiary/aromatic N) is 2. The van der Waals surface area contributed by atoms with Crippen molar-refractivity contribution in [2.75, 3.05) is 24.6 Å². The number of ether oxygens (including phenoxy) is 1. The van der Waals surface area contributed by atoms with Crippen molar-refractivity contribution in [1.29, 1.82) is 0 Å². The summed E-state index contributed by atoms with van der Waals surface area (Å²) < 4.78 is 4.94. The second kappa shape index (κ2) is 6.52. The van der Waals surface area contributed by atoms with Crippen LogP contribution in [0.2, 0.25) is 0 Å². The van der Waals surface area contributed by atoms with Gasteiger partial charge in [-0.05, 0) is 31.9 Å². The highest BCUT2D eigenvalue weighted by Crippen LogP contribution is 2.19. The smallest absolute Gasteiger partial charge is 0.311 e. The SMILES string of the molecule is CCOC(=O)Cc1cc(N2CCC[C@@H](N)C2)ccn1. The van der Waals surface area contributed by atoms with E-state index in [9.17, 15) is 4.79 Å². The lowest BCUT2D eigenvalue weighted by Crippen LogP contribution is -2.42. The second-order valence-corrected chi connectivity index (χ2v) is 4.84. The third-order valence-electron chi connectivity index (χ3n) is 3.25. The normalized spacial score (nSPS) is 19.3. The molecule has 0 spiro atoms. The third kappa shape index (κ3) is 3.92. The summed E-state index contributed by atoms with van der Waals surface area (Å²) >= 11 is 0. The Kier molecular flexibility index (Phi) is 4.74. The summed E-state index contributed by atoms with van der Waals surface area (Å²) in [5.74, 6) is -0.234. The van der Waals surface area contributed by atoms with Crippen molar-refractivity contribution in [3.05, 3.63) is 24.0 Å². The van der Waals surface area contributed by atoms with Gasteiger partial charge < -0.3 is 15.4 Å². The Labute approximate surface area is 113 Å². The van der Waals surface area contributed by atoms with Gasteiger partial charge in [0.25, 0.3) is 0 Å². The van der Waals surface area contributed by atoms with Gasteiger partial charge in [-0.3, -0.25) is 9.78 Å². The van der Waals surface area contributed by atoms with Gasteiger partial charge in [0.1, 0.15) is 0 Å². The predicted molar refractivity (Wildman–Crippen MR) is 74.0 cm³/mol. The van der Waals surface area contributed by atoms with E-state index in [1.165, 1.54) is 0 Å². The van der Waals surface area contributed by atoms with Gasteiger partial charge in [-0.2, -0.15) is 0 Å². The van der Waals surface area contributed by atoms with Crippen LogP contribution in [0.4, 0.5) is 5.69 Å². The van der Waals surface area contributed by atoms with Crippen molar-refractivity contribution in [3.63, 3.8) is 0 Å². The molecule has 5 nitrogen and oxygen atoms in total. The monoisotopic (exact) mass is 263 g/mol. The topological polar surface area (TPSA) is 68.5 Å². The first-order chi connectivity index (χ1) is 9.19. The first-order valence-corrected chi connectivity index (χ1v) is 6.80. The van der Waals surface area contributed by atoms with Gasteiger partial charge in [0.05, 0.1) is 18.7 Å². The zero-order valence-electron chi connectivity index (χ0n) is 11.3. The van der Waals surface area contributed by atoms with Gasteiger partial charge in [0.15, 0.2) is 0 Å². The van der Waals surface area contributed by atoms with Gasteiger partial charge in [-0.1, -0.05) is 0 Å². The number of esters is 1. The summed E-state index contributed by atoms with van der Waals surface area (Å²) in [5, 5.41) is 0. The molecule has 0 amide bonds. The van der Waals surface area contributed by atoms with E-state index in [4.69, 9.17) is 10.5 Å². The van der Waals surface area contributed by atoms with E-state index in [1.807, 2.05) is 12.1 Å². The maximum absolute atomic E-state index is 11.5. The zero-order chi connectivity index (χ0) is 13.7. The van der Waals surface area contributed by atoms with Crippen molar-refractivity contribution < 1.29 is 9.53 Å². The molecule has 0 aliphatic carbocycles. The predicted octanol–water partition coefficient (Wildman–Crippen LogP) is 1.11. The average molecular weight is 263 g/mol. The Morgan fingerprint density at radius 3 is 3.21 bits per heavy atom. The quantitative estimate of drug-likeness (QED) is 0.824. The number of anilines is 1. The van der Waals surface area contributed by atoms with E-state index in [2.05, 4.69) is 9.88 Å². The minimum Gasteiger partial charge on any atom is -0.466 e. The second-order valence-electron chi connectivity index (χ2n) is 4.84. The van der Waals surface area contributed by atoms with Crippen molar-refractivity contribution in [2.24, 2.45) is 5.73 Å². The first kappa shape index (κ1) is 13.8. The van der Waals surface area contributed by atoms with E-state index in [-0.39, 0.29) is 18.4 Å². The molecule has 1 saturated heterocycles. The number of carbonyl (C=O) groups excluding carboxylic acids is 1. The molecular weight excluding hydrogens is 242 g/mol. The number of nitrogens with two attached hydrogens (primary N) is 1. The Morgan fingerprint density at radius 2 is 2.47 bits per heavy atom. The van der Waals surface area contributed by atoms with Crippen LogP contribution in [0.25, 0.3) is 0 Å². The number of piperidine rings is 1. The van der Waals surface area contributed by atoms with E-state index in [0.29, 0.717) is 6.61 Å². The fraction of sp³-hybridized carbons (Fsp3) is 0.571. The molecule has 1 aliphatic heterocycles. The molecule has 1 fully saturated rings. The highest BCUT2D eigenvalue weighted by molar-refractivity contribution is 5.72. The van der Waals surface area contributed by atoms with Crippen LogP contribution >= 0.6 is 0 Å². The molecule has 1 aliphatic rings. The third-order valence-corrected chi connectivity index (χ3v) is 3.25. The highest BCUT2D eigenvalue weighted by Gasteiger charge is 2.17. The van der Waals surface area contributed by atoms with Crippen LogP contribution in [0.15, 0.2) is 18.3 Å². The van der Waals surface area contributed by atoms with Crippen molar-refractivity contribution in [3.8, 4) is 0 Å². The summed E-state index contributed by atoms with van der Waals surface area (Å²) in [5.41, 5.74) is 7.82. The van der Waals surface area contributed by atoms with Crippen molar-refractivity contribution >= 4 is 11.7 Å². The Hall–Kier alpha value is -1.62. The summed E-state index contributed by atoms with van der Waals surface area (Å²) in [6.07, 6.45) is 4.15. The fourth-order valence-electron chi connectivity index (χ4n) is 2.36. The lowest BCUT2D eigenvalue weighted by atomic mass is 10.1. The maximum Gasteiger partial charge on any atom is 0.311 e. The average Bonchev–Trinajstić information content (AvgIpc) is 2.39. The van der Waals surface area contributed by atoms with Crippen LogP contribution in [-0.2, 0) is 16.0 Å². The van der Waals surface area contributed by atoms with Crippen LogP contribution in [0.5, 0.6) is 0 Å². The van der Waals surface area contributed by atoms with Gasteiger partial charge >= 0.3 is 5.97 Å². The Balaban J connectivity index is 2.04. The summed E-state index contributed by atoms with van der Waals surface area (Å²) in [4.78, 5) is 17.9. The van der Waals surface area contributed by atoms with Crippen LogP contribution in [0.1, 0.15) is 25.5 Å². The Morgan fingerprint density at radius 1 is 1.63 bits per heavy atom. The molecule has 0 unspecified atom stereocenters. The van der Waals surface area contributed by atoms with E-state index in [1.54, 1.807) is 13.1 Å². The van der Waals surface area contributed by atoms with Gasteiger partial charge in [0, 0.05) is 31.0 Å². The molecule has 2 rings (SSSR count). The lowest BCUT2D eigenvalue weighted by molar-refractivity contribution is -0.142. The number of hydrogen-bond donors (Lipinski definition) is 1.